The average Bonchev–Trinajstić information content (AvgIpc) is 3.31. The van der Waals surface area contributed by atoms with Crippen molar-refractivity contribution in [3.63, 3.8) is 0 Å². The molecule has 1 spiro atoms. The Kier molecular flexibility index (Phi) is 5.28. The van der Waals surface area contributed by atoms with Crippen LogP contribution in [-0.4, -0.2) is 35.6 Å². The molecule has 3 aliphatic rings. The minimum absolute atomic E-state index is 0.134. The van der Waals surface area contributed by atoms with Crippen molar-refractivity contribution in [2.45, 2.75) is 51.3 Å². The smallest absolute Gasteiger partial charge is 0.410 e. The molecule has 3 aliphatic heterocycles. The van der Waals surface area contributed by atoms with Crippen molar-refractivity contribution in [2.75, 3.05) is 13.1 Å². The van der Waals surface area contributed by atoms with Gasteiger partial charge in [0.2, 0.25) is 0 Å². The zero-order valence-corrected chi connectivity index (χ0v) is 20.6. The van der Waals surface area contributed by atoms with E-state index in [4.69, 9.17) is 42.3 Å². The highest BCUT2D eigenvalue weighted by Crippen LogP contribution is 2.45. The number of benzene rings is 2. The van der Waals surface area contributed by atoms with Gasteiger partial charge in [-0.05, 0) is 61.3 Å². The number of fused-ring (bicyclic) bond motifs is 2. The summed E-state index contributed by atoms with van der Waals surface area (Å²) in [6.07, 6.45) is -0.349. The van der Waals surface area contributed by atoms with Crippen LogP contribution in [-0.2, 0) is 37.0 Å². The molecule has 1 fully saturated rings. The molecule has 0 saturated carbocycles. The van der Waals surface area contributed by atoms with Crippen molar-refractivity contribution in [3.05, 3.63) is 68.4 Å². The van der Waals surface area contributed by atoms with Crippen LogP contribution >= 0.6 is 23.2 Å². The highest BCUT2D eigenvalue weighted by atomic mass is 35.5. The van der Waals surface area contributed by atoms with Crippen LogP contribution in [0.4, 0.5) is 9.18 Å². The van der Waals surface area contributed by atoms with Gasteiger partial charge in [0.25, 0.3) is 5.90 Å². The van der Waals surface area contributed by atoms with Crippen LogP contribution in [0, 0.1) is 5.82 Å². The van der Waals surface area contributed by atoms with Gasteiger partial charge in [0.05, 0.1) is 29.7 Å². The number of oxime groups is 1. The van der Waals surface area contributed by atoms with Crippen molar-refractivity contribution in [1.82, 2.24) is 4.90 Å². The molecule has 0 radical (unpaired) electrons. The molecule has 1 atom stereocenters. The molecule has 3 heterocycles. The third kappa shape index (κ3) is 3.87. The van der Waals surface area contributed by atoms with E-state index in [1.807, 2.05) is 39.0 Å². The first kappa shape index (κ1) is 23.2. The number of carbonyl (C=O) groups excluding carboxylic acids is 1. The van der Waals surface area contributed by atoms with Gasteiger partial charge in [-0.25, -0.2) is 9.18 Å². The lowest BCUT2D eigenvalue weighted by Gasteiger charge is -2.47. The quantitative estimate of drug-likeness (QED) is 0.487. The van der Waals surface area contributed by atoms with Crippen molar-refractivity contribution >= 4 is 35.2 Å². The van der Waals surface area contributed by atoms with Crippen LogP contribution < -0.4 is 0 Å². The first-order valence-electron chi connectivity index (χ1n) is 10.8. The highest BCUT2D eigenvalue weighted by Gasteiger charge is 2.52. The summed E-state index contributed by atoms with van der Waals surface area (Å²) in [6, 6.07) is 8.54. The van der Waals surface area contributed by atoms with E-state index in [-0.39, 0.29) is 22.0 Å². The number of halogens is 3. The second kappa shape index (κ2) is 7.73. The summed E-state index contributed by atoms with van der Waals surface area (Å²) < 4.78 is 31.4. The normalized spacial score (nSPS) is 22.6. The lowest BCUT2D eigenvalue weighted by Crippen LogP contribution is -2.61. The molecule has 1 saturated heterocycles. The zero-order chi connectivity index (χ0) is 24.5. The Morgan fingerprint density at radius 1 is 1.18 bits per heavy atom. The standard InChI is InChI=1S/C24H23Cl2FN2O5/c1-22(2,3)33-21(30)29-11-24(12-29)16-6-5-13(7-14(16)10-31-24)20-28-34-23(4,32-20)15-8-17(25)19(27)18(26)9-15/h5-9H,10-12H2,1-4H3. The topological polar surface area (TPSA) is 69.6 Å². The zero-order valence-electron chi connectivity index (χ0n) is 19.1. The summed E-state index contributed by atoms with van der Waals surface area (Å²) in [7, 11) is 0. The van der Waals surface area contributed by atoms with Crippen LogP contribution in [0.1, 0.15) is 49.9 Å². The summed E-state index contributed by atoms with van der Waals surface area (Å²) in [6.45, 7) is 8.42. The van der Waals surface area contributed by atoms with Gasteiger partial charge < -0.3 is 23.9 Å². The number of hydrogen-bond donors (Lipinski definition) is 0. The first-order chi connectivity index (χ1) is 15.9. The second-order valence-electron chi connectivity index (χ2n) is 9.78. The fraction of sp³-hybridized carbons (Fsp3) is 0.417. The maximum atomic E-state index is 13.8. The minimum atomic E-state index is -1.31. The SMILES string of the molecule is CC(C)(C)OC(=O)N1CC2(C1)OCc1cc(C3=NOC(C)(c4cc(Cl)c(F)c(Cl)c4)O3)ccc12. The van der Waals surface area contributed by atoms with Gasteiger partial charge >= 0.3 is 11.9 Å². The molecule has 2 aromatic carbocycles. The van der Waals surface area contributed by atoms with E-state index in [9.17, 15) is 9.18 Å². The van der Waals surface area contributed by atoms with E-state index < -0.39 is 22.8 Å². The Labute approximate surface area is 206 Å². The number of amides is 1. The molecule has 0 N–H and O–H groups in total. The molecule has 180 valence electrons. The van der Waals surface area contributed by atoms with E-state index >= 15 is 0 Å². The molecule has 10 heteroatoms. The van der Waals surface area contributed by atoms with E-state index in [0.717, 1.165) is 11.1 Å². The summed E-state index contributed by atoms with van der Waals surface area (Å²) in [5, 5.41) is 3.82. The van der Waals surface area contributed by atoms with E-state index in [1.54, 1.807) is 11.8 Å². The number of carbonyl (C=O) groups is 1. The van der Waals surface area contributed by atoms with Crippen molar-refractivity contribution in [3.8, 4) is 0 Å². The summed E-state index contributed by atoms with van der Waals surface area (Å²) in [4.78, 5) is 19.5. The third-order valence-corrected chi connectivity index (χ3v) is 6.54. The van der Waals surface area contributed by atoms with Gasteiger partial charge in [-0.1, -0.05) is 29.3 Å². The molecule has 1 amide bonds. The fourth-order valence-electron chi connectivity index (χ4n) is 4.26. The monoisotopic (exact) mass is 508 g/mol. The number of nitrogens with zero attached hydrogens (tertiary/aromatic N) is 2. The number of hydrogen-bond acceptors (Lipinski definition) is 6. The first-order valence-corrected chi connectivity index (χ1v) is 11.5. The predicted molar refractivity (Wildman–Crippen MR) is 123 cm³/mol. The van der Waals surface area contributed by atoms with Gasteiger partial charge in [0.1, 0.15) is 11.2 Å². The molecule has 5 rings (SSSR count). The molecule has 0 bridgehead atoms. The lowest BCUT2D eigenvalue weighted by molar-refractivity contribution is -0.152. The molecule has 34 heavy (non-hydrogen) atoms. The number of ether oxygens (including phenoxy) is 3. The van der Waals surface area contributed by atoms with E-state index in [1.165, 1.54) is 12.1 Å². The second-order valence-corrected chi connectivity index (χ2v) is 10.6. The Morgan fingerprint density at radius 2 is 1.85 bits per heavy atom. The van der Waals surface area contributed by atoms with Gasteiger partial charge in [-0.15, -0.1) is 0 Å². The van der Waals surface area contributed by atoms with Crippen LogP contribution in [0.15, 0.2) is 35.5 Å². The van der Waals surface area contributed by atoms with Crippen LogP contribution in [0.25, 0.3) is 0 Å². The van der Waals surface area contributed by atoms with Crippen LogP contribution in [0.2, 0.25) is 10.0 Å². The Hall–Kier alpha value is -2.55. The Bertz CT molecular complexity index is 1200. The minimum Gasteiger partial charge on any atom is -0.444 e. The third-order valence-electron chi connectivity index (χ3n) is 5.99. The van der Waals surface area contributed by atoms with Gasteiger partial charge in [-0.2, -0.15) is 0 Å². The molecule has 0 aromatic heterocycles. The van der Waals surface area contributed by atoms with Gasteiger partial charge in [0, 0.05) is 18.1 Å². The molecular formula is C24H23Cl2FN2O5. The molecule has 2 aromatic rings. The van der Waals surface area contributed by atoms with Gasteiger partial charge in [0.15, 0.2) is 5.82 Å². The molecule has 1 unspecified atom stereocenters. The highest BCUT2D eigenvalue weighted by molar-refractivity contribution is 6.35. The van der Waals surface area contributed by atoms with Crippen LogP contribution in [0.3, 0.4) is 0 Å². The molecule has 0 aliphatic carbocycles. The summed E-state index contributed by atoms with van der Waals surface area (Å²) in [5.41, 5.74) is 2.06. The molecular weight excluding hydrogens is 486 g/mol. The molecule has 7 nitrogen and oxygen atoms in total. The van der Waals surface area contributed by atoms with E-state index in [2.05, 4.69) is 5.16 Å². The Balaban J connectivity index is 1.31. The van der Waals surface area contributed by atoms with Gasteiger partial charge in [-0.3, -0.25) is 0 Å². The van der Waals surface area contributed by atoms with Crippen LogP contribution in [0.5, 0.6) is 0 Å². The summed E-state index contributed by atoms with van der Waals surface area (Å²) in [5.74, 6) is -1.75. The number of likely N-dealkylation sites (tertiary alicyclic amines) is 1. The average molecular weight is 509 g/mol. The number of rotatable bonds is 2. The summed E-state index contributed by atoms with van der Waals surface area (Å²) >= 11 is 11.9. The lowest BCUT2D eigenvalue weighted by atomic mass is 9.85. The van der Waals surface area contributed by atoms with Crippen molar-refractivity contribution < 1.29 is 28.2 Å². The maximum absolute atomic E-state index is 13.8. The fourth-order valence-corrected chi connectivity index (χ4v) is 4.75. The Morgan fingerprint density at radius 3 is 2.50 bits per heavy atom. The van der Waals surface area contributed by atoms with Crippen molar-refractivity contribution in [2.24, 2.45) is 5.16 Å². The maximum Gasteiger partial charge on any atom is 0.410 e. The van der Waals surface area contributed by atoms with E-state index in [0.29, 0.717) is 30.8 Å². The van der Waals surface area contributed by atoms with Crippen molar-refractivity contribution in [1.29, 1.82) is 0 Å². The predicted octanol–water partition coefficient (Wildman–Crippen LogP) is 5.69. The largest absolute Gasteiger partial charge is 0.444 e.